The summed E-state index contributed by atoms with van der Waals surface area (Å²) in [6.07, 6.45) is 3.01. The number of rotatable bonds is 5. The number of hydrogen-bond acceptors (Lipinski definition) is 4. The summed E-state index contributed by atoms with van der Waals surface area (Å²) in [7, 11) is 1.58. The fraction of sp³-hybridized carbons (Fsp3) is 0.0625. The van der Waals surface area contributed by atoms with E-state index in [4.69, 9.17) is 4.74 Å². The monoisotopic (exact) mass is 298 g/mol. The van der Waals surface area contributed by atoms with Gasteiger partial charge in [-0.1, -0.05) is 18.2 Å². The maximum absolute atomic E-state index is 11.8. The Balaban J connectivity index is 2.01. The molecule has 2 rings (SSSR count). The van der Waals surface area contributed by atoms with Gasteiger partial charge in [0.05, 0.1) is 12.0 Å². The molecule has 0 aliphatic carbocycles. The molecule has 6 nitrogen and oxygen atoms in total. The molecule has 0 heterocycles. The minimum atomic E-state index is -0.511. The lowest BCUT2D eigenvalue weighted by atomic mass is 10.2. The predicted molar refractivity (Wildman–Crippen MR) is 83.8 cm³/mol. The molecular weight excluding hydrogens is 284 g/mol. The topological polar surface area (TPSA) is 81.5 Å². The molecule has 0 saturated carbocycles. The van der Waals surface area contributed by atoms with Gasteiger partial charge in [-0.3, -0.25) is 14.9 Å². The molecule has 0 atom stereocenters. The van der Waals surface area contributed by atoms with Crippen LogP contribution in [0.3, 0.4) is 0 Å². The third-order valence-electron chi connectivity index (χ3n) is 2.87. The number of nitrogens with one attached hydrogen (secondary N) is 1. The Labute approximate surface area is 127 Å². The van der Waals surface area contributed by atoms with Gasteiger partial charge in [0.15, 0.2) is 0 Å². The summed E-state index contributed by atoms with van der Waals surface area (Å²) in [6, 6.07) is 13.0. The van der Waals surface area contributed by atoms with E-state index in [-0.39, 0.29) is 11.6 Å². The zero-order valence-corrected chi connectivity index (χ0v) is 11.9. The van der Waals surface area contributed by atoms with Crippen molar-refractivity contribution in [1.82, 2.24) is 0 Å². The second-order valence-corrected chi connectivity index (χ2v) is 4.40. The first-order chi connectivity index (χ1) is 10.6. The van der Waals surface area contributed by atoms with E-state index in [1.54, 1.807) is 31.4 Å². The number of carbonyl (C=O) groups is 1. The van der Waals surface area contributed by atoms with E-state index in [0.717, 1.165) is 11.3 Å². The van der Waals surface area contributed by atoms with E-state index < -0.39 is 4.92 Å². The molecule has 0 spiro atoms. The van der Waals surface area contributed by atoms with E-state index in [0.29, 0.717) is 5.69 Å². The summed E-state index contributed by atoms with van der Waals surface area (Å²) in [5, 5.41) is 13.2. The molecule has 0 saturated heterocycles. The van der Waals surface area contributed by atoms with Gasteiger partial charge in [-0.25, -0.2) is 0 Å². The van der Waals surface area contributed by atoms with Crippen molar-refractivity contribution in [3.63, 3.8) is 0 Å². The summed E-state index contributed by atoms with van der Waals surface area (Å²) in [6.45, 7) is 0. The third kappa shape index (κ3) is 4.17. The van der Waals surface area contributed by atoms with E-state index in [1.165, 1.54) is 24.3 Å². The molecule has 0 aliphatic heterocycles. The molecule has 0 unspecified atom stereocenters. The van der Waals surface area contributed by atoms with Crippen LogP contribution in [0.2, 0.25) is 0 Å². The number of non-ortho nitro benzene ring substituents is 1. The van der Waals surface area contributed by atoms with Crippen molar-refractivity contribution in [3.8, 4) is 5.75 Å². The number of nitrogens with zero attached hydrogens (tertiary/aromatic N) is 1. The Morgan fingerprint density at radius 2 is 1.95 bits per heavy atom. The highest BCUT2D eigenvalue weighted by Crippen LogP contribution is 2.17. The number of benzene rings is 2. The lowest BCUT2D eigenvalue weighted by molar-refractivity contribution is -0.384. The highest BCUT2D eigenvalue weighted by Gasteiger charge is 2.06. The van der Waals surface area contributed by atoms with Crippen molar-refractivity contribution < 1.29 is 14.5 Å². The van der Waals surface area contributed by atoms with Crippen molar-refractivity contribution >= 4 is 23.4 Å². The smallest absolute Gasteiger partial charge is 0.271 e. The van der Waals surface area contributed by atoms with Gasteiger partial charge in [0, 0.05) is 23.9 Å². The highest BCUT2D eigenvalue weighted by atomic mass is 16.6. The number of anilines is 1. The molecule has 0 radical (unpaired) electrons. The highest BCUT2D eigenvalue weighted by molar-refractivity contribution is 6.02. The first-order valence-corrected chi connectivity index (χ1v) is 6.46. The Bertz CT molecular complexity index is 708. The lowest BCUT2D eigenvalue weighted by Gasteiger charge is -2.02. The second-order valence-electron chi connectivity index (χ2n) is 4.40. The van der Waals surface area contributed by atoms with E-state index in [9.17, 15) is 14.9 Å². The number of nitro benzene ring substituents is 1. The van der Waals surface area contributed by atoms with Crippen molar-refractivity contribution in [3.05, 3.63) is 70.3 Å². The van der Waals surface area contributed by atoms with Gasteiger partial charge in [-0.05, 0) is 29.8 Å². The molecule has 0 fully saturated rings. The Morgan fingerprint density at radius 3 is 2.59 bits per heavy atom. The Hall–Kier alpha value is -3.15. The molecular formula is C16H14N2O4. The van der Waals surface area contributed by atoms with Crippen molar-refractivity contribution in [2.45, 2.75) is 0 Å². The zero-order valence-electron chi connectivity index (χ0n) is 11.9. The number of methoxy groups -OCH3 is 1. The van der Waals surface area contributed by atoms with Crippen LogP contribution in [0.4, 0.5) is 11.4 Å². The minimum absolute atomic E-state index is 0.0723. The third-order valence-corrected chi connectivity index (χ3v) is 2.87. The lowest BCUT2D eigenvalue weighted by Crippen LogP contribution is -2.07. The summed E-state index contributed by atoms with van der Waals surface area (Å²) in [4.78, 5) is 22.0. The van der Waals surface area contributed by atoms with Gasteiger partial charge in [0.2, 0.25) is 5.91 Å². The molecule has 2 aromatic carbocycles. The number of ether oxygens (including phenoxy) is 1. The zero-order chi connectivity index (χ0) is 15.9. The summed E-state index contributed by atoms with van der Waals surface area (Å²) in [5.41, 5.74) is 1.14. The molecule has 1 N–H and O–H groups in total. The van der Waals surface area contributed by atoms with Crippen LogP contribution in [0, 0.1) is 10.1 Å². The molecule has 1 amide bonds. The summed E-state index contributed by atoms with van der Waals surface area (Å²) < 4.78 is 5.05. The van der Waals surface area contributed by atoms with Crippen LogP contribution < -0.4 is 10.1 Å². The van der Waals surface area contributed by atoms with E-state index >= 15 is 0 Å². The Morgan fingerprint density at radius 1 is 1.23 bits per heavy atom. The fourth-order valence-electron chi connectivity index (χ4n) is 1.77. The second kappa shape index (κ2) is 7.03. The molecule has 22 heavy (non-hydrogen) atoms. The van der Waals surface area contributed by atoms with Crippen LogP contribution in [-0.4, -0.2) is 17.9 Å². The molecule has 0 bridgehead atoms. The maximum atomic E-state index is 11.8. The molecule has 0 aliphatic rings. The van der Waals surface area contributed by atoms with Crippen molar-refractivity contribution in [2.75, 3.05) is 12.4 Å². The first-order valence-electron chi connectivity index (χ1n) is 6.46. The summed E-state index contributed by atoms with van der Waals surface area (Å²) >= 11 is 0. The summed E-state index contributed by atoms with van der Waals surface area (Å²) in [5.74, 6) is 0.370. The molecule has 2 aromatic rings. The quantitative estimate of drug-likeness (QED) is 0.522. The van der Waals surface area contributed by atoms with E-state index in [1.807, 2.05) is 12.1 Å². The number of amides is 1. The first kappa shape index (κ1) is 15.2. The van der Waals surface area contributed by atoms with Gasteiger partial charge >= 0.3 is 0 Å². The normalized spacial score (nSPS) is 10.4. The van der Waals surface area contributed by atoms with Crippen LogP contribution in [0.15, 0.2) is 54.6 Å². The van der Waals surface area contributed by atoms with Crippen LogP contribution in [0.1, 0.15) is 5.56 Å². The minimum Gasteiger partial charge on any atom is -0.497 e. The maximum Gasteiger partial charge on any atom is 0.271 e. The van der Waals surface area contributed by atoms with Gasteiger partial charge in [-0.2, -0.15) is 0 Å². The van der Waals surface area contributed by atoms with Gasteiger partial charge in [0.1, 0.15) is 5.75 Å². The van der Waals surface area contributed by atoms with E-state index in [2.05, 4.69) is 5.32 Å². The number of nitro groups is 1. The molecule has 0 aromatic heterocycles. The van der Waals surface area contributed by atoms with Crippen molar-refractivity contribution in [1.29, 1.82) is 0 Å². The van der Waals surface area contributed by atoms with Crippen LogP contribution in [-0.2, 0) is 4.79 Å². The van der Waals surface area contributed by atoms with Gasteiger partial charge < -0.3 is 10.1 Å². The van der Waals surface area contributed by atoms with Crippen LogP contribution in [0.25, 0.3) is 6.08 Å². The van der Waals surface area contributed by atoms with Crippen LogP contribution >= 0.6 is 0 Å². The standard InChI is InChI=1S/C16H14N2O4/c1-22-15-8-5-12(6-9-15)7-10-16(19)17-13-3-2-4-14(11-13)18(20)21/h2-11H,1H3,(H,17,19). The van der Waals surface area contributed by atoms with Crippen LogP contribution in [0.5, 0.6) is 5.75 Å². The predicted octanol–water partition coefficient (Wildman–Crippen LogP) is 3.26. The average molecular weight is 298 g/mol. The van der Waals surface area contributed by atoms with Gasteiger partial charge in [0.25, 0.3) is 5.69 Å². The largest absolute Gasteiger partial charge is 0.497 e. The van der Waals surface area contributed by atoms with Crippen molar-refractivity contribution in [2.24, 2.45) is 0 Å². The molecule has 112 valence electrons. The van der Waals surface area contributed by atoms with Gasteiger partial charge in [-0.15, -0.1) is 0 Å². The fourth-order valence-corrected chi connectivity index (χ4v) is 1.77. The SMILES string of the molecule is COc1ccc(C=CC(=O)Nc2cccc([N+](=O)[O-])c2)cc1. The number of carbonyl (C=O) groups excluding carboxylic acids is 1. The number of hydrogen-bond donors (Lipinski definition) is 1. The Kier molecular flexibility index (Phi) is 4.87. The average Bonchev–Trinajstić information content (AvgIpc) is 2.53. The molecule has 6 heteroatoms.